The van der Waals surface area contributed by atoms with E-state index in [0.29, 0.717) is 12.8 Å². The number of anilines is 1. The standard InChI is InChI=1S/C16H22N2O2/c1-4-11-7-9-12(10-8-11)18-14(6-3)15(19)17-13(5-2)16(18)20/h7-10,13-14H,4-6H2,1-3H3,(H,17,19). The largest absolute Gasteiger partial charge is 0.342 e. The first-order chi connectivity index (χ1) is 9.62. The van der Waals surface area contributed by atoms with Gasteiger partial charge in [-0.25, -0.2) is 0 Å². The number of benzene rings is 1. The van der Waals surface area contributed by atoms with Gasteiger partial charge in [0.05, 0.1) is 0 Å². The smallest absolute Gasteiger partial charge is 0.250 e. The molecule has 0 spiro atoms. The van der Waals surface area contributed by atoms with E-state index < -0.39 is 12.1 Å². The van der Waals surface area contributed by atoms with Crippen LogP contribution in [0.3, 0.4) is 0 Å². The zero-order chi connectivity index (χ0) is 14.7. The van der Waals surface area contributed by atoms with Crippen molar-refractivity contribution in [3.8, 4) is 0 Å². The second-order valence-corrected chi connectivity index (χ2v) is 5.12. The van der Waals surface area contributed by atoms with E-state index in [0.717, 1.165) is 12.1 Å². The Labute approximate surface area is 120 Å². The summed E-state index contributed by atoms with van der Waals surface area (Å²) in [4.78, 5) is 26.3. The van der Waals surface area contributed by atoms with E-state index in [1.165, 1.54) is 5.56 Å². The van der Waals surface area contributed by atoms with E-state index in [9.17, 15) is 9.59 Å². The number of nitrogens with one attached hydrogen (secondary N) is 1. The molecule has 1 fully saturated rings. The van der Waals surface area contributed by atoms with E-state index in [2.05, 4.69) is 12.2 Å². The van der Waals surface area contributed by atoms with Crippen molar-refractivity contribution in [3.05, 3.63) is 29.8 Å². The summed E-state index contributed by atoms with van der Waals surface area (Å²) in [6, 6.07) is 7.09. The highest BCUT2D eigenvalue weighted by Gasteiger charge is 2.39. The first-order valence-corrected chi connectivity index (χ1v) is 7.34. The molecule has 0 radical (unpaired) electrons. The van der Waals surface area contributed by atoms with Crippen molar-refractivity contribution >= 4 is 17.5 Å². The molecule has 108 valence electrons. The average molecular weight is 274 g/mol. The summed E-state index contributed by atoms with van der Waals surface area (Å²) in [5.41, 5.74) is 2.04. The third-order valence-corrected chi connectivity index (χ3v) is 3.88. The summed E-state index contributed by atoms with van der Waals surface area (Å²) in [5, 5.41) is 2.81. The van der Waals surface area contributed by atoms with Crippen LogP contribution in [-0.2, 0) is 16.0 Å². The van der Waals surface area contributed by atoms with Crippen molar-refractivity contribution in [2.45, 2.75) is 52.1 Å². The first-order valence-electron chi connectivity index (χ1n) is 7.34. The van der Waals surface area contributed by atoms with Crippen LogP contribution in [0.1, 0.15) is 39.2 Å². The molecule has 4 heteroatoms. The molecule has 1 saturated heterocycles. The number of carbonyl (C=O) groups is 2. The van der Waals surface area contributed by atoms with E-state index in [-0.39, 0.29) is 11.8 Å². The minimum atomic E-state index is -0.406. The molecule has 2 unspecified atom stereocenters. The Balaban J connectivity index is 2.36. The molecule has 20 heavy (non-hydrogen) atoms. The number of amides is 2. The molecular formula is C16H22N2O2. The number of rotatable bonds is 4. The number of piperazine rings is 1. The Morgan fingerprint density at radius 3 is 2.20 bits per heavy atom. The molecule has 2 amide bonds. The maximum atomic E-state index is 12.5. The van der Waals surface area contributed by atoms with Gasteiger partial charge in [-0.15, -0.1) is 0 Å². The van der Waals surface area contributed by atoms with E-state index >= 15 is 0 Å². The van der Waals surface area contributed by atoms with Crippen LogP contribution in [0.15, 0.2) is 24.3 Å². The van der Waals surface area contributed by atoms with Crippen molar-refractivity contribution in [2.24, 2.45) is 0 Å². The lowest BCUT2D eigenvalue weighted by Crippen LogP contribution is -2.63. The molecule has 1 aromatic rings. The van der Waals surface area contributed by atoms with Gasteiger partial charge in [0.1, 0.15) is 12.1 Å². The highest BCUT2D eigenvalue weighted by Crippen LogP contribution is 2.24. The molecule has 1 heterocycles. The molecule has 0 aromatic heterocycles. The Bertz CT molecular complexity index is 496. The third kappa shape index (κ3) is 2.55. The molecular weight excluding hydrogens is 252 g/mol. The summed E-state index contributed by atoms with van der Waals surface area (Å²) in [7, 11) is 0. The number of hydrogen-bond acceptors (Lipinski definition) is 2. The molecule has 2 atom stereocenters. The highest BCUT2D eigenvalue weighted by atomic mass is 16.2. The highest BCUT2D eigenvalue weighted by molar-refractivity contribution is 6.08. The van der Waals surface area contributed by atoms with Crippen molar-refractivity contribution in [1.82, 2.24) is 5.32 Å². The monoisotopic (exact) mass is 274 g/mol. The van der Waals surface area contributed by atoms with Gasteiger partial charge >= 0.3 is 0 Å². The van der Waals surface area contributed by atoms with Crippen molar-refractivity contribution in [1.29, 1.82) is 0 Å². The number of aryl methyl sites for hydroxylation is 1. The number of hydrogen-bond donors (Lipinski definition) is 1. The normalized spacial score (nSPS) is 22.9. The second kappa shape index (κ2) is 6.07. The molecule has 1 N–H and O–H groups in total. The molecule has 1 aliphatic heterocycles. The topological polar surface area (TPSA) is 49.4 Å². The fourth-order valence-electron chi connectivity index (χ4n) is 2.61. The Kier molecular flexibility index (Phi) is 4.42. The van der Waals surface area contributed by atoms with Gasteiger partial charge in [-0.1, -0.05) is 32.9 Å². The molecule has 4 nitrogen and oxygen atoms in total. The number of nitrogens with zero attached hydrogens (tertiary/aromatic N) is 1. The van der Waals surface area contributed by atoms with Crippen LogP contribution >= 0.6 is 0 Å². The molecule has 1 aromatic carbocycles. The van der Waals surface area contributed by atoms with E-state index in [1.54, 1.807) is 4.90 Å². The summed E-state index contributed by atoms with van der Waals surface area (Å²) in [6.45, 7) is 5.93. The molecule has 0 bridgehead atoms. The molecule has 0 saturated carbocycles. The molecule has 0 aliphatic carbocycles. The summed E-state index contributed by atoms with van der Waals surface area (Å²) in [5.74, 6) is -0.0679. The van der Waals surface area contributed by atoms with Crippen LogP contribution in [0.5, 0.6) is 0 Å². The quantitative estimate of drug-likeness (QED) is 0.915. The van der Waals surface area contributed by atoms with Gasteiger partial charge in [-0.3, -0.25) is 14.5 Å². The van der Waals surface area contributed by atoms with Crippen molar-refractivity contribution in [2.75, 3.05) is 4.90 Å². The summed E-state index contributed by atoms with van der Waals surface area (Å²) >= 11 is 0. The number of carbonyl (C=O) groups excluding carboxylic acids is 2. The zero-order valence-electron chi connectivity index (χ0n) is 12.3. The predicted molar refractivity (Wildman–Crippen MR) is 79.6 cm³/mol. The van der Waals surface area contributed by atoms with Crippen LogP contribution in [0.25, 0.3) is 0 Å². The maximum Gasteiger partial charge on any atom is 0.250 e. The second-order valence-electron chi connectivity index (χ2n) is 5.12. The average Bonchev–Trinajstić information content (AvgIpc) is 2.48. The third-order valence-electron chi connectivity index (χ3n) is 3.88. The minimum absolute atomic E-state index is 0.0109. The van der Waals surface area contributed by atoms with Gasteiger partial charge in [0.2, 0.25) is 11.8 Å². The van der Waals surface area contributed by atoms with Crippen LogP contribution in [0.2, 0.25) is 0 Å². The van der Waals surface area contributed by atoms with Gasteiger partial charge in [-0.05, 0) is 37.0 Å². The van der Waals surface area contributed by atoms with Crippen LogP contribution in [0, 0.1) is 0 Å². The SMILES string of the molecule is CCc1ccc(N2C(=O)C(CC)NC(=O)C2CC)cc1. The van der Waals surface area contributed by atoms with Crippen molar-refractivity contribution < 1.29 is 9.59 Å². The first kappa shape index (κ1) is 14.6. The van der Waals surface area contributed by atoms with Gasteiger partial charge in [0.25, 0.3) is 0 Å². The fraction of sp³-hybridized carbons (Fsp3) is 0.500. The van der Waals surface area contributed by atoms with E-state index in [4.69, 9.17) is 0 Å². The Morgan fingerprint density at radius 1 is 1.05 bits per heavy atom. The lowest BCUT2D eigenvalue weighted by atomic mass is 10.0. The summed E-state index contributed by atoms with van der Waals surface area (Å²) in [6.07, 6.45) is 2.19. The van der Waals surface area contributed by atoms with Gasteiger partial charge in [0, 0.05) is 5.69 Å². The lowest BCUT2D eigenvalue weighted by Gasteiger charge is -2.38. The van der Waals surface area contributed by atoms with Gasteiger partial charge in [0.15, 0.2) is 0 Å². The maximum absolute atomic E-state index is 12.5. The Hall–Kier alpha value is -1.84. The van der Waals surface area contributed by atoms with Crippen LogP contribution in [0.4, 0.5) is 5.69 Å². The van der Waals surface area contributed by atoms with Crippen LogP contribution in [-0.4, -0.2) is 23.9 Å². The fourth-order valence-corrected chi connectivity index (χ4v) is 2.61. The summed E-state index contributed by atoms with van der Waals surface area (Å²) < 4.78 is 0. The van der Waals surface area contributed by atoms with Crippen LogP contribution < -0.4 is 10.2 Å². The van der Waals surface area contributed by atoms with Gasteiger partial charge in [-0.2, -0.15) is 0 Å². The molecule has 2 rings (SSSR count). The molecule has 1 aliphatic rings. The Morgan fingerprint density at radius 2 is 1.70 bits per heavy atom. The van der Waals surface area contributed by atoms with E-state index in [1.807, 2.05) is 38.1 Å². The van der Waals surface area contributed by atoms with Crippen molar-refractivity contribution in [3.63, 3.8) is 0 Å². The lowest BCUT2D eigenvalue weighted by molar-refractivity contribution is -0.134. The van der Waals surface area contributed by atoms with Gasteiger partial charge < -0.3 is 5.32 Å². The minimum Gasteiger partial charge on any atom is -0.342 e. The zero-order valence-corrected chi connectivity index (χ0v) is 12.3. The predicted octanol–water partition coefficient (Wildman–Crippen LogP) is 2.27.